The molecular formula is C16H13F3O2. The highest BCUT2D eigenvalue weighted by Crippen LogP contribution is 2.33. The van der Waals surface area contributed by atoms with Crippen LogP contribution in [0, 0.1) is 0 Å². The Balaban J connectivity index is 1.93. The number of hydrogen-bond acceptors (Lipinski definition) is 2. The second kappa shape index (κ2) is 5.16. The molecule has 21 heavy (non-hydrogen) atoms. The summed E-state index contributed by atoms with van der Waals surface area (Å²) < 4.78 is 43.4. The summed E-state index contributed by atoms with van der Waals surface area (Å²) in [5.74, 6) is 0. The maximum Gasteiger partial charge on any atom is 0.416 e. The molecule has 1 aliphatic rings. The maximum absolute atomic E-state index is 12.7. The topological polar surface area (TPSA) is 29.5 Å². The number of hydrogen-bond donors (Lipinski definition) is 1. The van der Waals surface area contributed by atoms with Gasteiger partial charge < -0.3 is 9.84 Å². The predicted octanol–water partition coefficient (Wildman–Crippen LogP) is 3.82. The molecule has 2 aromatic carbocycles. The third kappa shape index (κ3) is 2.80. The number of ether oxygens (including phenoxy) is 1. The lowest BCUT2D eigenvalue weighted by molar-refractivity contribution is -0.137. The standard InChI is InChI=1S/C16H13F3O2/c17-16(18,19)14-3-1-2-10(7-14)15(20)11-4-5-12-8-21-9-13(12)6-11/h1-7,15,20H,8-9H2. The average molecular weight is 294 g/mol. The van der Waals surface area contributed by atoms with E-state index in [9.17, 15) is 18.3 Å². The van der Waals surface area contributed by atoms with Gasteiger partial charge in [-0.05, 0) is 34.4 Å². The summed E-state index contributed by atoms with van der Waals surface area (Å²) in [7, 11) is 0. The number of benzene rings is 2. The Labute approximate surface area is 119 Å². The first kappa shape index (κ1) is 14.1. The number of aliphatic hydroxyl groups is 1. The molecule has 1 N–H and O–H groups in total. The summed E-state index contributed by atoms with van der Waals surface area (Å²) in [4.78, 5) is 0. The van der Waals surface area contributed by atoms with Crippen molar-refractivity contribution in [3.05, 3.63) is 70.3 Å². The van der Waals surface area contributed by atoms with Crippen LogP contribution in [0.25, 0.3) is 0 Å². The van der Waals surface area contributed by atoms with Crippen LogP contribution in [-0.4, -0.2) is 5.11 Å². The van der Waals surface area contributed by atoms with Crippen LogP contribution in [0.1, 0.15) is 33.9 Å². The van der Waals surface area contributed by atoms with Crippen LogP contribution in [0.3, 0.4) is 0 Å². The maximum atomic E-state index is 12.7. The summed E-state index contributed by atoms with van der Waals surface area (Å²) in [5.41, 5.74) is 2.05. The molecule has 0 amide bonds. The van der Waals surface area contributed by atoms with Crippen LogP contribution in [0.15, 0.2) is 42.5 Å². The van der Waals surface area contributed by atoms with E-state index in [0.717, 1.165) is 23.3 Å². The fourth-order valence-electron chi connectivity index (χ4n) is 2.44. The van der Waals surface area contributed by atoms with Gasteiger partial charge in [-0.3, -0.25) is 0 Å². The summed E-state index contributed by atoms with van der Waals surface area (Å²) in [6, 6.07) is 10.1. The van der Waals surface area contributed by atoms with Gasteiger partial charge in [-0.1, -0.05) is 30.3 Å². The fourth-order valence-corrected chi connectivity index (χ4v) is 2.44. The predicted molar refractivity (Wildman–Crippen MR) is 70.4 cm³/mol. The van der Waals surface area contributed by atoms with E-state index in [0.29, 0.717) is 18.8 Å². The summed E-state index contributed by atoms with van der Waals surface area (Å²) in [6.07, 6.45) is -5.50. The lowest BCUT2D eigenvalue weighted by atomic mass is 9.97. The smallest absolute Gasteiger partial charge is 0.384 e. The quantitative estimate of drug-likeness (QED) is 0.912. The molecule has 0 bridgehead atoms. The van der Waals surface area contributed by atoms with E-state index in [1.807, 2.05) is 6.07 Å². The number of aliphatic hydroxyl groups excluding tert-OH is 1. The van der Waals surface area contributed by atoms with E-state index < -0.39 is 17.8 Å². The molecule has 2 aromatic rings. The minimum atomic E-state index is -4.42. The molecule has 0 aliphatic carbocycles. The zero-order valence-corrected chi connectivity index (χ0v) is 11.0. The van der Waals surface area contributed by atoms with Gasteiger partial charge in [0.05, 0.1) is 18.8 Å². The molecule has 0 fully saturated rings. The second-order valence-corrected chi connectivity index (χ2v) is 5.05. The van der Waals surface area contributed by atoms with Crippen molar-refractivity contribution in [3.8, 4) is 0 Å². The minimum absolute atomic E-state index is 0.226. The van der Waals surface area contributed by atoms with Crippen LogP contribution in [0.4, 0.5) is 13.2 Å². The molecular weight excluding hydrogens is 281 g/mol. The van der Waals surface area contributed by atoms with Gasteiger partial charge in [0.15, 0.2) is 0 Å². The van der Waals surface area contributed by atoms with Crippen molar-refractivity contribution in [2.24, 2.45) is 0 Å². The molecule has 1 atom stereocenters. The molecule has 0 aromatic heterocycles. The third-order valence-electron chi connectivity index (χ3n) is 3.59. The van der Waals surface area contributed by atoms with Gasteiger partial charge in [0.2, 0.25) is 0 Å². The third-order valence-corrected chi connectivity index (χ3v) is 3.59. The van der Waals surface area contributed by atoms with Crippen LogP contribution in [0.2, 0.25) is 0 Å². The van der Waals surface area contributed by atoms with Crippen molar-refractivity contribution >= 4 is 0 Å². The zero-order valence-electron chi connectivity index (χ0n) is 11.0. The number of rotatable bonds is 2. The molecule has 2 nitrogen and oxygen atoms in total. The normalized spacial score (nSPS) is 15.8. The van der Waals surface area contributed by atoms with Crippen LogP contribution in [0.5, 0.6) is 0 Å². The number of alkyl halides is 3. The second-order valence-electron chi connectivity index (χ2n) is 5.05. The van der Waals surface area contributed by atoms with Crippen molar-refractivity contribution in [2.45, 2.75) is 25.5 Å². The highest BCUT2D eigenvalue weighted by atomic mass is 19.4. The molecule has 110 valence electrons. The lowest BCUT2D eigenvalue weighted by Gasteiger charge is -2.15. The van der Waals surface area contributed by atoms with Crippen LogP contribution < -0.4 is 0 Å². The van der Waals surface area contributed by atoms with Crippen molar-refractivity contribution in [1.82, 2.24) is 0 Å². The lowest BCUT2D eigenvalue weighted by Crippen LogP contribution is -2.07. The van der Waals surface area contributed by atoms with E-state index >= 15 is 0 Å². The monoisotopic (exact) mass is 294 g/mol. The Morgan fingerprint density at radius 1 is 0.952 bits per heavy atom. The van der Waals surface area contributed by atoms with E-state index in [4.69, 9.17) is 4.74 Å². The van der Waals surface area contributed by atoms with Crippen molar-refractivity contribution in [2.75, 3.05) is 0 Å². The highest BCUT2D eigenvalue weighted by Gasteiger charge is 2.31. The van der Waals surface area contributed by atoms with Crippen LogP contribution in [-0.2, 0) is 24.1 Å². The van der Waals surface area contributed by atoms with Gasteiger partial charge in [0.25, 0.3) is 0 Å². The molecule has 0 saturated carbocycles. The van der Waals surface area contributed by atoms with Gasteiger partial charge >= 0.3 is 6.18 Å². The Hall–Kier alpha value is -1.85. The first-order valence-electron chi connectivity index (χ1n) is 6.50. The Kier molecular flexibility index (Phi) is 3.47. The first-order valence-corrected chi connectivity index (χ1v) is 6.50. The molecule has 0 saturated heterocycles. The van der Waals surface area contributed by atoms with E-state index in [1.54, 1.807) is 12.1 Å². The molecule has 5 heteroatoms. The van der Waals surface area contributed by atoms with Crippen molar-refractivity contribution < 1.29 is 23.0 Å². The molecule has 0 radical (unpaired) electrons. The van der Waals surface area contributed by atoms with Crippen LogP contribution >= 0.6 is 0 Å². The summed E-state index contributed by atoms with van der Waals surface area (Å²) in [5, 5.41) is 10.3. The van der Waals surface area contributed by atoms with Gasteiger partial charge in [-0.15, -0.1) is 0 Å². The van der Waals surface area contributed by atoms with Crippen molar-refractivity contribution in [3.63, 3.8) is 0 Å². The summed E-state index contributed by atoms with van der Waals surface area (Å²) in [6.45, 7) is 1.01. The van der Waals surface area contributed by atoms with Crippen molar-refractivity contribution in [1.29, 1.82) is 0 Å². The fraction of sp³-hybridized carbons (Fsp3) is 0.250. The molecule has 0 spiro atoms. The molecule has 1 heterocycles. The SMILES string of the molecule is OC(c1cccc(C(F)(F)F)c1)c1ccc2c(c1)COC2. The Bertz CT molecular complexity index is 665. The Morgan fingerprint density at radius 2 is 1.67 bits per heavy atom. The van der Waals surface area contributed by atoms with E-state index in [1.165, 1.54) is 12.1 Å². The molecule has 3 rings (SSSR count). The van der Waals surface area contributed by atoms with Gasteiger partial charge in [0, 0.05) is 0 Å². The molecule has 1 unspecified atom stereocenters. The van der Waals surface area contributed by atoms with E-state index in [-0.39, 0.29) is 5.56 Å². The number of fused-ring (bicyclic) bond motifs is 1. The Morgan fingerprint density at radius 3 is 2.43 bits per heavy atom. The van der Waals surface area contributed by atoms with E-state index in [2.05, 4.69) is 0 Å². The zero-order chi connectivity index (χ0) is 15.0. The molecule has 1 aliphatic heterocycles. The van der Waals surface area contributed by atoms with Gasteiger partial charge in [-0.25, -0.2) is 0 Å². The average Bonchev–Trinajstić information content (AvgIpc) is 2.93. The van der Waals surface area contributed by atoms with Gasteiger partial charge in [0.1, 0.15) is 6.10 Å². The first-order chi connectivity index (χ1) is 9.95. The summed E-state index contributed by atoms with van der Waals surface area (Å²) >= 11 is 0. The highest BCUT2D eigenvalue weighted by molar-refractivity contribution is 5.39. The minimum Gasteiger partial charge on any atom is -0.384 e. The largest absolute Gasteiger partial charge is 0.416 e. The van der Waals surface area contributed by atoms with Gasteiger partial charge in [-0.2, -0.15) is 13.2 Å². The number of halogens is 3.